The normalized spacial score (nSPS) is 11.3. The van der Waals surface area contributed by atoms with Crippen LogP contribution in [0.1, 0.15) is 24.4 Å². The molecule has 26 heavy (non-hydrogen) atoms. The van der Waals surface area contributed by atoms with E-state index in [0.717, 1.165) is 0 Å². The molecule has 1 atom stereocenters. The van der Waals surface area contributed by atoms with E-state index < -0.39 is 30.4 Å². The second-order valence-electron chi connectivity index (χ2n) is 5.26. The maximum Gasteiger partial charge on any atom is 0.328 e. The number of amides is 2. The molecule has 0 radical (unpaired) electrons. The monoisotopic (exact) mass is 360 g/mol. The first kappa shape index (κ1) is 19.0. The predicted molar refractivity (Wildman–Crippen MR) is 92.8 cm³/mol. The molecule has 0 aliphatic heterocycles. The number of hydrogen-bond acceptors (Lipinski definition) is 6. The van der Waals surface area contributed by atoms with Crippen molar-refractivity contribution < 1.29 is 28.3 Å². The maximum atomic E-state index is 12.0. The van der Waals surface area contributed by atoms with E-state index >= 15 is 0 Å². The third-order valence-corrected chi connectivity index (χ3v) is 3.25. The fourth-order valence-corrected chi connectivity index (χ4v) is 2.03. The molecule has 138 valence electrons. The van der Waals surface area contributed by atoms with Crippen LogP contribution in [-0.2, 0) is 14.3 Å². The van der Waals surface area contributed by atoms with E-state index in [1.54, 1.807) is 30.3 Å². The van der Waals surface area contributed by atoms with Gasteiger partial charge in [-0.25, -0.2) is 4.79 Å². The number of nitrogens with one attached hydrogen (secondary N) is 2. The Hall–Kier alpha value is -3.29. The number of rotatable bonds is 8. The number of anilines is 1. The molecule has 2 N–H and O–H groups in total. The molecule has 0 spiro atoms. The van der Waals surface area contributed by atoms with E-state index in [2.05, 4.69) is 10.6 Å². The van der Waals surface area contributed by atoms with Crippen LogP contribution in [0, 0.1) is 0 Å². The van der Waals surface area contributed by atoms with E-state index in [1.807, 2.05) is 6.92 Å². The molecule has 1 heterocycles. The van der Waals surface area contributed by atoms with Gasteiger partial charge in [-0.3, -0.25) is 9.59 Å². The molecule has 1 aromatic carbocycles. The van der Waals surface area contributed by atoms with Crippen LogP contribution in [-0.4, -0.2) is 37.0 Å². The Bertz CT molecular complexity index is 757. The fraction of sp³-hybridized carbons (Fsp3) is 0.278. The van der Waals surface area contributed by atoms with Crippen LogP contribution >= 0.6 is 0 Å². The van der Waals surface area contributed by atoms with E-state index in [1.165, 1.54) is 19.3 Å². The molecule has 0 unspecified atom stereocenters. The number of furan rings is 1. The third-order valence-electron chi connectivity index (χ3n) is 3.25. The lowest BCUT2D eigenvalue weighted by Crippen LogP contribution is -2.40. The molecule has 0 aliphatic carbocycles. The number of esters is 1. The predicted octanol–water partition coefficient (Wildman–Crippen LogP) is 1.98. The molecule has 2 rings (SSSR count). The summed E-state index contributed by atoms with van der Waals surface area (Å²) in [6.45, 7) is 3.25. The van der Waals surface area contributed by atoms with Gasteiger partial charge < -0.3 is 24.5 Å². The van der Waals surface area contributed by atoms with Crippen molar-refractivity contribution in [1.29, 1.82) is 0 Å². The lowest BCUT2D eigenvalue weighted by molar-refractivity contribution is -0.148. The first-order valence-electron chi connectivity index (χ1n) is 8.04. The smallest absolute Gasteiger partial charge is 0.328 e. The lowest BCUT2D eigenvalue weighted by Gasteiger charge is -2.13. The minimum Gasteiger partial charge on any atom is -0.492 e. The zero-order valence-electron chi connectivity index (χ0n) is 14.5. The minimum atomic E-state index is -0.934. The van der Waals surface area contributed by atoms with E-state index in [0.29, 0.717) is 18.0 Å². The van der Waals surface area contributed by atoms with Crippen molar-refractivity contribution >= 4 is 23.5 Å². The highest BCUT2D eigenvalue weighted by Crippen LogP contribution is 2.23. The van der Waals surface area contributed by atoms with Crippen molar-refractivity contribution in [3.8, 4) is 5.75 Å². The third kappa shape index (κ3) is 5.37. The van der Waals surface area contributed by atoms with Crippen LogP contribution in [0.15, 0.2) is 47.1 Å². The van der Waals surface area contributed by atoms with Crippen LogP contribution in [0.3, 0.4) is 0 Å². The second-order valence-corrected chi connectivity index (χ2v) is 5.26. The topological polar surface area (TPSA) is 107 Å². The molecule has 0 saturated carbocycles. The van der Waals surface area contributed by atoms with E-state index in [4.69, 9.17) is 13.9 Å². The van der Waals surface area contributed by atoms with Gasteiger partial charge in [-0.05, 0) is 38.1 Å². The Kier molecular flexibility index (Phi) is 6.78. The van der Waals surface area contributed by atoms with Gasteiger partial charge in [0.2, 0.25) is 0 Å². The van der Waals surface area contributed by atoms with Crippen LogP contribution < -0.4 is 15.4 Å². The van der Waals surface area contributed by atoms with E-state index in [9.17, 15) is 14.4 Å². The van der Waals surface area contributed by atoms with Gasteiger partial charge in [0.25, 0.3) is 11.8 Å². The largest absolute Gasteiger partial charge is 0.492 e. The van der Waals surface area contributed by atoms with Crippen LogP contribution in [0.25, 0.3) is 0 Å². The molecule has 0 saturated heterocycles. The number of carbonyl (C=O) groups is 3. The van der Waals surface area contributed by atoms with Gasteiger partial charge in [0.05, 0.1) is 18.6 Å². The summed E-state index contributed by atoms with van der Waals surface area (Å²) in [5.41, 5.74) is 0.481. The number of para-hydroxylation sites is 2. The van der Waals surface area contributed by atoms with Crippen molar-refractivity contribution in [2.24, 2.45) is 0 Å². The summed E-state index contributed by atoms with van der Waals surface area (Å²) in [6.07, 6.45) is 1.35. The molecular weight excluding hydrogens is 340 g/mol. The highest BCUT2D eigenvalue weighted by Gasteiger charge is 2.20. The second kappa shape index (κ2) is 9.26. The number of ether oxygens (including phenoxy) is 2. The van der Waals surface area contributed by atoms with Gasteiger partial charge >= 0.3 is 5.97 Å². The molecule has 0 fully saturated rings. The minimum absolute atomic E-state index is 0.0786. The first-order chi connectivity index (χ1) is 12.5. The van der Waals surface area contributed by atoms with Gasteiger partial charge in [0, 0.05) is 0 Å². The van der Waals surface area contributed by atoms with Crippen molar-refractivity contribution in [1.82, 2.24) is 5.32 Å². The summed E-state index contributed by atoms with van der Waals surface area (Å²) in [5, 5.41) is 5.03. The quantitative estimate of drug-likeness (QED) is 0.697. The maximum absolute atomic E-state index is 12.0. The van der Waals surface area contributed by atoms with Crippen molar-refractivity contribution in [2.75, 3.05) is 18.5 Å². The van der Waals surface area contributed by atoms with Crippen molar-refractivity contribution in [3.05, 3.63) is 48.4 Å². The Morgan fingerprint density at radius 3 is 2.62 bits per heavy atom. The molecule has 0 bridgehead atoms. The number of benzene rings is 1. The summed E-state index contributed by atoms with van der Waals surface area (Å²) < 4.78 is 15.3. The summed E-state index contributed by atoms with van der Waals surface area (Å²) >= 11 is 0. The Morgan fingerprint density at radius 2 is 1.92 bits per heavy atom. The zero-order chi connectivity index (χ0) is 18.9. The number of carbonyl (C=O) groups excluding carboxylic acids is 3. The molecular formula is C18H20N2O6. The number of hydrogen-bond donors (Lipinski definition) is 2. The summed E-state index contributed by atoms with van der Waals surface area (Å²) in [7, 11) is 0. The fourth-order valence-electron chi connectivity index (χ4n) is 2.03. The van der Waals surface area contributed by atoms with Gasteiger partial charge in [-0.2, -0.15) is 0 Å². The van der Waals surface area contributed by atoms with Gasteiger partial charge in [-0.15, -0.1) is 0 Å². The molecule has 0 aliphatic rings. The Morgan fingerprint density at radius 1 is 1.15 bits per heavy atom. The highest BCUT2D eigenvalue weighted by atomic mass is 16.5. The average Bonchev–Trinajstić information content (AvgIpc) is 3.16. The molecule has 2 amide bonds. The average molecular weight is 360 g/mol. The summed E-state index contributed by atoms with van der Waals surface area (Å²) in [4.78, 5) is 35.7. The zero-order valence-corrected chi connectivity index (χ0v) is 14.5. The van der Waals surface area contributed by atoms with Crippen molar-refractivity contribution in [2.45, 2.75) is 19.9 Å². The summed E-state index contributed by atoms with van der Waals surface area (Å²) in [5.74, 6) is -1.20. The van der Waals surface area contributed by atoms with Crippen LogP contribution in [0.5, 0.6) is 5.75 Å². The van der Waals surface area contributed by atoms with Crippen LogP contribution in [0.2, 0.25) is 0 Å². The Balaban J connectivity index is 1.81. The lowest BCUT2D eigenvalue weighted by atomic mass is 10.3. The van der Waals surface area contributed by atoms with Gasteiger partial charge in [0.15, 0.2) is 12.4 Å². The van der Waals surface area contributed by atoms with Crippen molar-refractivity contribution in [3.63, 3.8) is 0 Å². The standard InChI is InChI=1S/C18H20N2O6/c1-3-24-14-8-5-4-7-13(14)20-16(21)11-26-18(23)12(2)19-17(22)15-9-6-10-25-15/h4-10,12H,3,11H2,1-2H3,(H,19,22)(H,20,21)/t12-/m0/s1. The SMILES string of the molecule is CCOc1ccccc1NC(=O)COC(=O)[C@H](C)NC(=O)c1ccco1. The van der Waals surface area contributed by atoms with Gasteiger partial charge in [-0.1, -0.05) is 12.1 Å². The van der Waals surface area contributed by atoms with Crippen LogP contribution in [0.4, 0.5) is 5.69 Å². The molecule has 2 aromatic rings. The van der Waals surface area contributed by atoms with Gasteiger partial charge in [0.1, 0.15) is 11.8 Å². The molecule has 8 heteroatoms. The molecule has 1 aromatic heterocycles. The van der Waals surface area contributed by atoms with E-state index in [-0.39, 0.29) is 5.76 Å². The first-order valence-corrected chi connectivity index (χ1v) is 8.04. The highest BCUT2D eigenvalue weighted by molar-refractivity contribution is 5.96. The molecule has 8 nitrogen and oxygen atoms in total. The summed E-state index contributed by atoms with van der Waals surface area (Å²) in [6, 6.07) is 9.02. The Labute approximate surface area is 150 Å².